The highest BCUT2D eigenvalue weighted by Crippen LogP contribution is 2.65. The third kappa shape index (κ3) is 6.62. The molecule has 10 heteroatoms. The Morgan fingerprint density at radius 3 is 2.12 bits per heavy atom. The van der Waals surface area contributed by atoms with Gasteiger partial charge < -0.3 is 26.0 Å². The maximum atomic E-state index is 14.2. The van der Waals surface area contributed by atoms with Crippen molar-refractivity contribution in [1.29, 1.82) is 0 Å². The van der Waals surface area contributed by atoms with E-state index in [2.05, 4.69) is 24.5 Å². The molecule has 0 bridgehead atoms. The van der Waals surface area contributed by atoms with E-state index < -0.39 is 47.4 Å². The molecule has 1 aliphatic heterocycles. The second-order valence-electron chi connectivity index (χ2n) is 14.1. The summed E-state index contributed by atoms with van der Waals surface area (Å²) in [4.78, 5) is 67.0. The number of rotatable bonds is 9. The largest absolute Gasteiger partial charge is 0.444 e. The first-order valence-electron chi connectivity index (χ1n) is 15.1. The minimum Gasteiger partial charge on any atom is -0.444 e. The van der Waals surface area contributed by atoms with Gasteiger partial charge in [-0.3, -0.25) is 19.2 Å². The SMILES string of the molecule is CC(C)(C)OC(=O)NC(C(=O)N1C[C@H]2[C@@H](C1C(=O)N[C@@H](CC1CCCC1)C(=O)C(N)=O)C2(C)C)C1CCCCC1. The number of nitrogens with two attached hydrogens (primary N) is 1. The summed E-state index contributed by atoms with van der Waals surface area (Å²) in [5.74, 6) is -2.30. The number of Topliss-reactive ketones (excluding diaryl/α,β-unsaturated/α-hetero) is 1. The van der Waals surface area contributed by atoms with Crippen molar-refractivity contribution in [2.75, 3.05) is 6.54 Å². The summed E-state index contributed by atoms with van der Waals surface area (Å²) in [5, 5.41) is 5.69. The van der Waals surface area contributed by atoms with Crippen LogP contribution in [0.15, 0.2) is 0 Å². The van der Waals surface area contributed by atoms with Crippen LogP contribution in [0.3, 0.4) is 0 Å². The number of amides is 4. The number of carbonyl (C=O) groups excluding carboxylic acids is 5. The van der Waals surface area contributed by atoms with E-state index >= 15 is 0 Å². The number of primary amides is 1. The molecule has 2 unspecified atom stereocenters. The van der Waals surface area contributed by atoms with E-state index in [0.29, 0.717) is 13.0 Å². The van der Waals surface area contributed by atoms with Crippen LogP contribution in [0.2, 0.25) is 0 Å². The topological polar surface area (TPSA) is 148 Å². The molecule has 3 aliphatic carbocycles. The van der Waals surface area contributed by atoms with E-state index in [9.17, 15) is 24.0 Å². The van der Waals surface area contributed by atoms with E-state index in [-0.39, 0.29) is 35.0 Å². The number of ether oxygens (including phenoxy) is 1. The molecule has 1 saturated heterocycles. The molecule has 0 radical (unpaired) electrons. The number of hydrogen-bond acceptors (Lipinski definition) is 6. The lowest BCUT2D eigenvalue weighted by Crippen LogP contribution is -2.60. The van der Waals surface area contributed by atoms with Crippen LogP contribution in [0.1, 0.15) is 98.8 Å². The Kier molecular flexibility index (Phi) is 8.85. The molecule has 4 amide bonds. The summed E-state index contributed by atoms with van der Waals surface area (Å²) in [6.07, 6.45) is 8.41. The average molecular weight is 561 g/mol. The Balaban J connectivity index is 1.56. The summed E-state index contributed by atoms with van der Waals surface area (Å²) < 4.78 is 5.49. The van der Waals surface area contributed by atoms with Crippen molar-refractivity contribution in [2.24, 2.45) is 34.8 Å². The third-order valence-electron chi connectivity index (χ3n) is 9.74. The van der Waals surface area contributed by atoms with Gasteiger partial charge in [0.25, 0.3) is 5.91 Å². The molecule has 0 aromatic rings. The predicted octanol–water partition coefficient (Wildman–Crippen LogP) is 3.06. The van der Waals surface area contributed by atoms with Gasteiger partial charge in [0.1, 0.15) is 17.7 Å². The van der Waals surface area contributed by atoms with E-state index in [0.717, 1.165) is 57.8 Å². The molecule has 224 valence electrons. The van der Waals surface area contributed by atoms with Gasteiger partial charge in [0.2, 0.25) is 17.6 Å². The lowest BCUT2D eigenvalue weighted by molar-refractivity contribution is -0.144. The van der Waals surface area contributed by atoms with Crippen molar-refractivity contribution < 1.29 is 28.7 Å². The zero-order valence-electron chi connectivity index (χ0n) is 24.8. The number of nitrogens with one attached hydrogen (secondary N) is 2. The molecule has 5 atom stereocenters. The Hall–Kier alpha value is -2.65. The van der Waals surface area contributed by atoms with Gasteiger partial charge in [-0.05, 0) is 69.1 Å². The number of alkyl carbamates (subject to hydrolysis) is 1. The Bertz CT molecular complexity index is 1010. The second kappa shape index (κ2) is 11.7. The van der Waals surface area contributed by atoms with Crippen LogP contribution in [0, 0.1) is 29.1 Å². The number of fused-ring (bicyclic) bond motifs is 1. The first kappa shape index (κ1) is 30.3. The fraction of sp³-hybridized carbons (Fsp3) is 0.833. The Morgan fingerprint density at radius 1 is 0.950 bits per heavy atom. The van der Waals surface area contributed by atoms with E-state index in [4.69, 9.17) is 10.5 Å². The van der Waals surface area contributed by atoms with E-state index in [1.54, 1.807) is 25.7 Å². The number of carbonyl (C=O) groups is 5. The van der Waals surface area contributed by atoms with Gasteiger partial charge in [0.15, 0.2) is 0 Å². The Labute approximate surface area is 237 Å². The maximum absolute atomic E-state index is 14.2. The monoisotopic (exact) mass is 560 g/mol. The molecule has 0 spiro atoms. The van der Waals surface area contributed by atoms with Crippen molar-refractivity contribution in [3.63, 3.8) is 0 Å². The summed E-state index contributed by atoms with van der Waals surface area (Å²) in [7, 11) is 0. The molecule has 0 aromatic heterocycles. The van der Waals surface area contributed by atoms with Gasteiger partial charge in [-0.25, -0.2) is 4.79 Å². The van der Waals surface area contributed by atoms with Crippen LogP contribution in [0.5, 0.6) is 0 Å². The molecule has 4 fully saturated rings. The van der Waals surface area contributed by atoms with Gasteiger partial charge in [-0.15, -0.1) is 0 Å². The minimum atomic E-state index is -1.06. The highest BCUT2D eigenvalue weighted by atomic mass is 16.6. The molecular weight excluding hydrogens is 512 g/mol. The van der Waals surface area contributed by atoms with E-state index in [1.807, 2.05) is 0 Å². The zero-order chi connectivity index (χ0) is 29.4. The third-order valence-corrected chi connectivity index (χ3v) is 9.74. The maximum Gasteiger partial charge on any atom is 0.408 e. The lowest BCUT2D eigenvalue weighted by Gasteiger charge is -2.37. The molecular formula is C30H48N4O6. The van der Waals surface area contributed by atoms with Crippen LogP contribution in [-0.2, 0) is 23.9 Å². The minimum absolute atomic E-state index is 0.0472. The predicted molar refractivity (Wildman–Crippen MR) is 149 cm³/mol. The van der Waals surface area contributed by atoms with Crippen LogP contribution in [0.25, 0.3) is 0 Å². The first-order chi connectivity index (χ1) is 18.7. The van der Waals surface area contributed by atoms with Gasteiger partial charge >= 0.3 is 6.09 Å². The van der Waals surface area contributed by atoms with Crippen LogP contribution < -0.4 is 16.4 Å². The molecule has 0 aromatic carbocycles. The molecule has 4 rings (SSSR count). The van der Waals surface area contributed by atoms with Crippen molar-refractivity contribution >= 4 is 29.6 Å². The first-order valence-corrected chi connectivity index (χ1v) is 15.1. The van der Waals surface area contributed by atoms with Crippen LogP contribution >= 0.6 is 0 Å². The molecule has 4 aliphatic rings. The van der Waals surface area contributed by atoms with E-state index in [1.165, 1.54) is 0 Å². The molecule has 10 nitrogen and oxygen atoms in total. The van der Waals surface area contributed by atoms with Crippen molar-refractivity contribution in [1.82, 2.24) is 15.5 Å². The van der Waals surface area contributed by atoms with Crippen molar-refractivity contribution in [2.45, 2.75) is 123 Å². The second-order valence-corrected chi connectivity index (χ2v) is 14.1. The smallest absolute Gasteiger partial charge is 0.408 e. The van der Waals surface area contributed by atoms with Crippen molar-refractivity contribution in [3.8, 4) is 0 Å². The van der Waals surface area contributed by atoms with Crippen LogP contribution in [-0.4, -0.2) is 64.8 Å². The number of likely N-dealkylation sites (tertiary alicyclic amines) is 1. The summed E-state index contributed by atoms with van der Waals surface area (Å²) >= 11 is 0. The number of ketones is 1. The van der Waals surface area contributed by atoms with Gasteiger partial charge in [0.05, 0.1) is 6.04 Å². The van der Waals surface area contributed by atoms with Gasteiger partial charge in [-0.1, -0.05) is 58.8 Å². The zero-order valence-corrected chi connectivity index (χ0v) is 24.8. The van der Waals surface area contributed by atoms with Crippen molar-refractivity contribution in [3.05, 3.63) is 0 Å². The summed E-state index contributed by atoms with van der Waals surface area (Å²) in [5.41, 5.74) is 4.50. The van der Waals surface area contributed by atoms with Gasteiger partial charge in [-0.2, -0.15) is 0 Å². The summed E-state index contributed by atoms with van der Waals surface area (Å²) in [6.45, 7) is 9.91. The van der Waals surface area contributed by atoms with Gasteiger partial charge in [0, 0.05) is 6.54 Å². The van der Waals surface area contributed by atoms with Crippen LogP contribution in [0.4, 0.5) is 4.79 Å². The molecule has 40 heavy (non-hydrogen) atoms. The average Bonchev–Trinajstić information content (AvgIpc) is 3.31. The highest BCUT2D eigenvalue weighted by molar-refractivity contribution is 6.37. The number of nitrogens with zero attached hydrogens (tertiary/aromatic N) is 1. The normalized spacial score (nSPS) is 27.8. The molecule has 1 heterocycles. The molecule has 4 N–H and O–H groups in total. The highest BCUT2D eigenvalue weighted by Gasteiger charge is 2.69. The fourth-order valence-corrected chi connectivity index (χ4v) is 7.51. The standard InChI is InChI=1S/C30H48N4O6/c1-29(2,3)40-28(39)33-22(18-13-7-6-8-14-18)27(38)34-16-19-21(30(19,4)5)23(34)26(37)32-20(24(35)25(31)36)15-17-11-9-10-12-17/h17-23H,6-16H2,1-5H3,(H2,31,36)(H,32,37)(H,33,39)/t19-,20-,21-,22?,23?/m0/s1. The number of piperidine rings is 1. The quantitative estimate of drug-likeness (QED) is 0.369. The molecule has 3 saturated carbocycles. The summed E-state index contributed by atoms with van der Waals surface area (Å²) in [6, 6.07) is -2.58. The Morgan fingerprint density at radius 2 is 1.55 bits per heavy atom. The lowest BCUT2D eigenvalue weighted by atomic mass is 9.83. The fourth-order valence-electron chi connectivity index (χ4n) is 7.51. The number of hydrogen-bond donors (Lipinski definition) is 3.